The molecule has 0 amide bonds. The molecule has 0 atom stereocenters. The van der Waals surface area contributed by atoms with E-state index in [1.54, 1.807) is 12.1 Å². The number of thiophene rings is 1. The van der Waals surface area contributed by atoms with Gasteiger partial charge in [-0.05, 0) is 43.7 Å². The van der Waals surface area contributed by atoms with E-state index in [0.29, 0.717) is 21.6 Å². The van der Waals surface area contributed by atoms with Crippen LogP contribution in [-0.2, 0) is 10.0 Å². The second-order valence-corrected chi connectivity index (χ2v) is 9.22. The first-order valence-corrected chi connectivity index (χ1v) is 9.03. The fourth-order valence-electron chi connectivity index (χ4n) is 2.73. The van der Waals surface area contributed by atoms with Gasteiger partial charge in [0.1, 0.15) is 4.21 Å². The van der Waals surface area contributed by atoms with Crippen LogP contribution in [0.3, 0.4) is 0 Å². The highest BCUT2D eigenvalue weighted by Gasteiger charge is 2.49. The summed E-state index contributed by atoms with van der Waals surface area (Å²) in [5.74, 6) is 0.255. The SMILES string of the molecule is O=S(=O)(c1ccc(Cl)s1)N1CCC(C2(O)CC2)CC1. The highest BCUT2D eigenvalue weighted by molar-refractivity contribution is 7.91. The van der Waals surface area contributed by atoms with Gasteiger partial charge in [0.25, 0.3) is 10.0 Å². The lowest BCUT2D eigenvalue weighted by atomic mass is 9.90. The van der Waals surface area contributed by atoms with Crippen molar-refractivity contribution in [2.24, 2.45) is 5.92 Å². The Labute approximate surface area is 122 Å². The first kappa shape index (κ1) is 13.8. The average Bonchev–Trinajstić information content (AvgIpc) is 2.98. The maximum absolute atomic E-state index is 12.4. The second kappa shape index (κ2) is 4.70. The monoisotopic (exact) mass is 321 g/mol. The Morgan fingerprint density at radius 3 is 2.42 bits per heavy atom. The number of halogens is 1. The van der Waals surface area contributed by atoms with Gasteiger partial charge < -0.3 is 5.11 Å². The summed E-state index contributed by atoms with van der Waals surface area (Å²) in [5, 5.41) is 10.1. The zero-order chi connectivity index (χ0) is 13.7. The Morgan fingerprint density at radius 2 is 1.95 bits per heavy atom. The Kier molecular flexibility index (Phi) is 3.42. The molecule has 2 heterocycles. The van der Waals surface area contributed by atoms with Gasteiger partial charge in [-0.3, -0.25) is 0 Å². The van der Waals surface area contributed by atoms with E-state index in [2.05, 4.69) is 0 Å². The predicted octanol–water partition coefficient (Wildman–Crippen LogP) is 2.33. The quantitative estimate of drug-likeness (QED) is 0.929. The van der Waals surface area contributed by atoms with E-state index in [9.17, 15) is 13.5 Å². The lowest BCUT2D eigenvalue weighted by molar-refractivity contribution is 0.0535. The van der Waals surface area contributed by atoms with E-state index < -0.39 is 15.6 Å². The van der Waals surface area contributed by atoms with Gasteiger partial charge in [-0.15, -0.1) is 11.3 Å². The van der Waals surface area contributed by atoms with Crippen LogP contribution in [0.15, 0.2) is 16.3 Å². The minimum atomic E-state index is -3.40. The third-order valence-corrected chi connectivity index (χ3v) is 7.72. The van der Waals surface area contributed by atoms with Gasteiger partial charge in [-0.1, -0.05) is 11.6 Å². The Bertz CT molecular complexity index is 572. The summed E-state index contributed by atoms with van der Waals surface area (Å²) >= 11 is 6.89. The van der Waals surface area contributed by atoms with E-state index in [0.717, 1.165) is 37.0 Å². The molecule has 2 aliphatic rings. The van der Waals surface area contributed by atoms with Gasteiger partial charge in [-0.25, -0.2) is 8.42 Å². The first-order chi connectivity index (χ1) is 8.92. The normalized spacial score (nSPS) is 24.5. The molecule has 0 spiro atoms. The molecule has 1 aromatic rings. The topological polar surface area (TPSA) is 57.6 Å². The van der Waals surface area contributed by atoms with Crippen LogP contribution < -0.4 is 0 Å². The number of hydrogen-bond acceptors (Lipinski definition) is 4. The molecule has 0 bridgehead atoms. The fourth-order valence-corrected chi connectivity index (χ4v) is 5.84. The largest absolute Gasteiger partial charge is 0.390 e. The standard InChI is InChI=1S/C12H16ClNO3S2/c13-10-1-2-11(18-10)19(16,17)14-7-3-9(4-8-14)12(15)5-6-12/h1-2,9,15H,3-8H2. The second-order valence-electron chi connectivity index (χ2n) is 5.34. The van der Waals surface area contributed by atoms with Crippen molar-refractivity contribution >= 4 is 33.0 Å². The van der Waals surface area contributed by atoms with Crippen LogP contribution in [-0.4, -0.2) is 36.5 Å². The molecular weight excluding hydrogens is 306 g/mol. The molecule has 0 unspecified atom stereocenters. The number of aliphatic hydroxyl groups is 1. The number of nitrogens with zero attached hydrogens (tertiary/aromatic N) is 1. The third-order valence-electron chi connectivity index (χ3n) is 4.12. The molecular formula is C12H16ClNO3S2. The van der Waals surface area contributed by atoms with Crippen LogP contribution in [0.25, 0.3) is 0 Å². The molecule has 0 aromatic carbocycles. The Hall–Kier alpha value is -0.140. The van der Waals surface area contributed by atoms with Gasteiger partial charge in [0, 0.05) is 13.1 Å². The molecule has 106 valence electrons. The van der Waals surface area contributed by atoms with Gasteiger partial charge >= 0.3 is 0 Å². The lowest BCUT2D eigenvalue weighted by Crippen LogP contribution is -2.41. The first-order valence-electron chi connectivity index (χ1n) is 6.40. The van der Waals surface area contributed by atoms with Crippen molar-refractivity contribution in [2.45, 2.75) is 35.5 Å². The van der Waals surface area contributed by atoms with Crippen LogP contribution in [0.5, 0.6) is 0 Å². The molecule has 3 rings (SSSR count). The number of piperidine rings is 1. The van der Waals surface area contributed by atoms with Crippen molar-refractivity contribution in [3.8, 4) is 0 Å². The number of sulfonamides is 1. The maximum Gasteiger partial charge on any atom is 0.252 e. The zero-order valence-electron chi connectivity index (χ0n) is 10.4. The van der Waals surface area contributed by atoms with E-state index >= 15 is 0 Å². The molecule has 1 aromatic heterocycles. The summed E-state index contributed by atoms with van der Waals surface area (Å²) in [7, 11) is -3.40. The lowest BCUT2D eigenvalue weighted by Gasteiger charge is -2.33. The molecule has 2 fully saturated rings. The van der Waals surface area contributed by atoms with Crippen LogP contribution in [0.2, 0.25) is 4.34 Å². The van der Waals surface area contributed by atoms with E-state index in [1.807, 2.05) is 0 Å². The van der Waals surface area contributed by atoms with Crippen molar-refractivity contribution in [3.63, 3.8) is 0 Å². The molecule has 1 saturated carbocycles. The average molecular weight is 322 g/mol. The summed E-state index contributed by atoms with van der Waals surface area (Å²) in [4.78, 5) is 0. The van der Waals surface area contributed by atoms with Gasteiger partial charge in [0.05, 0.1) is 9.94 Å². The van der Waals surface area contributed by atoms with Crippen molar-refractivity contribution < 1.29 is 13.5 Å². The summed E-state index contributed by atoms with van der Waals surface area (Å²) in [6.07, 6.45) is 3.22. The highest BCUT2D eigenvalue weighted by Crippen LogP contribution is 2.46. The molecule has 19 heavy (non-hydrogen) atoms. The van der Waals surface area contributed by atoms with Crippen LogP contribution in [0, 0.1) is 5.92 Å². The molecule has 4 nitrogen and oxygen atoms in total. The molecule has 0 radical (unpaired) electrons. The van der Waals surface area contributed by atoms with Gasteiger partial charge in [0.2, 0.25) is 0 Å². The molecule has 1 saturated heterocycles. The molecule has 1 aliphatic heterocycles. The van der Waals surface area contributed by atoms with Crippen LogP contribution in [0.4, 0.5) is 0 Å². The van der Waals surface area contributed by atoms with Crippen molar-refractivity contribution in [2.75, 3.05) is 13.1 Å². The van der Waals surface area contributed by atoms with E-state index in [4.69, 9.17) is 11.6 Å². The van der Waals surface area contributed by atoms with E-state index in [-0.39, 0.29) is 5.92 Å². The fraction of sp³-hybridized carbons (Fsp3) is 0.667. The Morgan fingerprint density at radius 1 is 1.32 bits per heavy atom. The molecule has 1 aliphatic carbocycles. The number of hydrogen-bond donors (Lipinski definition) is 1. The third kappa shape index (κ3) is 2.56. The Balaban J connectivity index is 1.71. The minimum Gasteiger partial charge on any atom is -0.390 e. The maximum atomic E-state index is 12.4. The molecule has 1 N–H and O–H groups in total. The predicted molar refractivity (Wildman–Crippen MR) is 75.0 cm³/mol. The molecule has 7 heteroatoms. The van der Waals surface area contributed by atoms with Crippen LogP contribution in [0.1, 0.15) is 25.7 Å². The smallest absolute Gasteiger partial charge is 0.252 e. The van der Waals surface area contributed by atoms with Gasteiger partial charge in [0.15, 0.2) is 0 Å². The summed E-state index contributed by atoms with van der Waals surface area (Å²) < 4.78 is 27.1. The summed E-state index contributed by atoms with van der Waals surface area (Å²) in [6.45, 7) is 0.982. The van der Waals surface area contributed by atoms with Crippen LogP contribution >= 0.6 is 22.9 Å². The number of rotatable bonds is 3. The van der Waals surface area contributed by atoms with Crippen molar-refractivity contribution in [3.05, 3.63) is 16.5 Å². The summed E-state index contributed by atoms with van der Waals surface area (Å²) in [5.41, 5.74) is -0.498. The highest BCUT2D eigenvalue weighted by atomic mass is 35.5. The van der Waals surface area contributed by atoms with E-state index in [1.165, 1.54) is 4.31 Å². The minimum absolute atomic E-state index is 0.255. The zero-order valence-corrected chi connectivity index (χ0v) is 12.8. The van der Waals surface area contributed by atoms with Crippen molar-refractivity contribution in [1.29, 1.82) is 0 Å². The van der Waals surface area contributed by atoms with Gasteiger partial charge in [-0.2, -0.15) is 4.31 Å². The summed E-state index contributed by atoms with van der Waals surface area (Å²) in [6, 6.07) is 3.17. The van der Waals surface area contributed by atoms with Crippen molar-refractivity contribution in [1.82, 2.24) is 4.31 Å².